The largest absolute Gasteiger partial charge is 0.322 e. The second-order valence-corrected chi connectivity index (χ2v) is 6.13. The van der Waals surface area contributed by atoms with Crippen LogP contribution >= 0.6 is 11.6 Å². The molecule has 1 aromatic carbocycles. The van der Waals surface area contributed by atoms with Crippen LogP contribution in [0.2, 0.25) is 5.02 Å². The van der Waals surface area contributed by atoms with Gasteiger partial charge in [-0.15, -0.1) is 0 Å². The molecule has 0 spiro atoms. The molecule has 2 aromatic heterocycles. The predicted octanol–water partition coefficient (Wildman–Crippen LogP) is 3.18. The van der Waals surface area contributed by atoms with Crippen LogP contribution in [0.1, 0.15) is 17.0 Å². The fourth-order valence-electron chi connectivity index (χ4n) is 2.50. The smallest absolute Gasteiger partial charge is 0.246 e. The Hall–Kier alpha value is -2.67. The van der Waals surface area contributed by atoms with Gasteiger partial charge in [-0.1, -0.05) is 23.7 Å². The molecule has 3 aromatic rings. The minimum Gasteiger partial charge on any atom is -0.322 e. The van der Waals surface area contributed by atoms with Crippen LogP contribution in [0.25, 0.3) is 0 Å². The van der Waals surface area contributed by atoms with Crippen LogP contribution in [0.3, 0.4) is 0 Å². The van der Waals surface area contributed by atoms with Crippen LogP contribution < -0.4 is 5.32 Å². The minimum atomic E-state index is -0.290. The van der Waals surface area contributed by atoms with Gasteiger partial charge in [0.25, 0.3) is 0 Å². The lowest BCUT2D eigenvalue weighted by molar-refractivity contribution is -0.116. The van der Waals surface area contributed by atoms with E-state index < -0.39 is 0 Å². The zero-order valence-electron chi connectivity index (χ0n) is 13.8. The summed E-state index contributed by atoms with van der Waals surface area (Å²) in [5.41, 5.74) is 2.79. The second kappa shape index (κ2) is 7.06. The Balaban J connectivity index is 1.62. The fourth-order valence-corrected chi connectivity index (χ4v) is 2.64. The van der Waals surface area contributed by atoms with Crippen molar-refractivity contribution in [2.75, 3.05) is 5.32 Å². The molecule has 3 rings (SSSR count). The Bertz CT molecular complexity index is 918. The number of nitrogens with one attached hydrogen (secondary N) is 1. The van der Waals surface area contributed by atoms with Crippen molar-refractivity contribution in [2.24, 2.45) is 0 Å². The molecule has 0 radical (unpaired) electrons. The summed E-state index contributed by atoms with van der Waals surface area (Å²) in [5.74, 6) is -0.519. The molecule has 0 atom stereocenters. The molecule has 8 heteroatoms. The van der Waals surface area contributed by atoms with Crippen LogP contribution in [-0.4, -0.2) is 25.5 Å². The standard InChI is InChI=1S/C17H17ClFN5O/c1-11-17(18)12(2)24(22-11)10-16(25)21-15-7-20-23(9-15)8-13-4-3-5-14(19)6-13/h3-7,9H,8,10H2,1-2H3,(H,21,25). The predicted molar refractivity (Wildman–Crippen MR) is 93.1 cm³/mol. The van der Waals surface area contributed by atoms with Crippen molar-refractivity contribution < 1.29 is 9.18 Å². The Morgan fingerprint density at radius 1 is 1.36 bits per heavy atom. The first-order valence-corrected chi connectivity index (χ1v) is 8.06. The van der Waals surface area contributed by atoms with E-state index in [1.165, 1.54) is 12.1 Å². The number of amides is 1. The molecule has 0 aliphatic carbocycles. The molecule has 0 saturated carbocycles. The van der Waals surface area contributed by atoms with Crippen LogP contribution in [0.15, 0.2) is 36.7 Å². The third-order valence-corrected chi connectivity index (χ3v) is 4.28. The van der Waals surface area contributed by atoms with Crippen molar-refractivity contribution in [3.8, 4) is 0 Å². The summed E-state index contributed by atoms with van der Waals surface area (Å²) in [6, 6.07) is 6.31. The highest BCUT2D eigenvalue weighted by Crippen LogP contribution is 2.19. The number of hydrogen-bond acceptors (Lipinski definition) is 3. The molecular weight excluding hydrogens is 345 g/mol. The maximum absolute atomic E-state index is 13.2. The Kier molecular flexibility index (Phi) is 4.85. The van der Waals surface area contributed by atoms with E-state index in [4.69, 9.17) is 11.6 Å². The van der Waals surface area contributed by atoms with Crippen molar-refractivity contribution in [1.29, 1.82) is 0 Å². The molecule has 0 fully saturated rings. The van der Waals surface area contributed by atoms with Crippen molar-refractivity contribution in [3.63, 3.8) is 0 Å². The molecule has 0 aliphatic rings. The third-order valence-electron chi connectivity index (χ3n) is 3.74. The third kappa shape index (κ3) is 4.06. The van der Waals surface area contributed by atoms with Gasteiger partial charge in [-0.3, -0.25) is 14.2 Å². The molecule has 0 aliphatic heterocycles. The van der Waals surface area contributed by atoms with Gasteiger partial charge < -0.3 is 5.32 Å². The van der Waals surface area contributed by atoms with Crippen molar-refractivity contribution >= 4 is 23.2 Å². The number of anilines is 1. The van der Waals surface area contributed by atoms with Gasteiger partial charge in [-0.25, -0.2) is 4.39 Å². The van der Waals surface area contributed by atoms with E-state index in [-0.39, 0.29) is 18.3 Å². The molecule has 1 N–H and O–H groups in total. The van der Waals surface area contributed by atoms with Gasteiger partial charge in [0.05, 0.1) is 34.8 Å². The number of rotatable bonds is 5. The van der Waals surface area contributed by atoms with Gasteiger partial charge in [0.1, 0.15) is 12.4 Å². The van der Waals surface area contributed by atoms with Crippen molar-refractivity contribution in [1.82, 2.24) is 19.6 Å². The van der Waals surface area contributed by atoms with Crippen molar-refractivity contribution in [2.45, 2.75) is 26.9 Å². The SMILES string of the molecule is Cc1nn(CC(=O)Nc2cnn(Cc3cccc(F)c3)c2)c(C)c1Cl. The molecule has 130 valence electrons. The quantitative estimate of drug-likeness (QED) is 0.759. The van der Waals surface area contributed by atoms with Gasteiger partial charge >= 0.3 is 0 Å². The maximum Gasteiger partial charge on any atom is 0.246 e. The maximum atomic E-state index is 13.2. The molecule has 0 bridgehead atoms. The second-order valence-electron chi connectivity index (χ2n) is 5.75. The van der Waals surface area contributed by atoms with Gasteiger partial charge in [0, 0.05) is 6.20 Å². The highest BCUT2D eigenvalue weighted by Gasteiger charge is 2.13. The fraction of sp³-hybridized carbons (Fsp3) is 0.235. The summed E-state index contributed by atoms with van der Waals surface area (Å²) in [6.07, 6.45) is 3.24. The number of halogens is 2. The van der Waals surface area contributed by atoms with E-state index in [0.29, 0.717) is 22.9 Å². The normalized spacial score (nSPS) is 10.9. The molecule has 1 amide bonds. The molecule has 25 heavy (non-hydrogen) atoms. The lowest BCUT2D eigenvalue weighted by atomic mass is 10.2. The van der Waals surface area contributed by atoms with E-state index in [2.05, 4.69) is 15.5 Å². The summed E-state index contributed by atoms with van der Waals surface area (Å²) in [7, 11) is 0. The zero-order valence-corrected chi connectivity index (χ0v) is 14.6. The number of benzene rings is 1. The lowest BCUT2D eigenvalue weighted by Gasteiger charge is -2.05. The average Bonchev–Trinajstić information content (AvgIpc) is 3.08. The summed E-state index contributed by atoms with van der Waals surface area (Å²) in [6.45, 7) is 4.09. The Labute approximate surface area is 149 Å². The first-order chi connectivity index (χ1) is 11.9. The van der Waals surface area contributed by atoms with E-state index in [1.54, 1.807) is 34.7 Å². The minimum absolute atomic E-state index is 0.0640. The lowest BCUT2D eigenvalue weighted by Crippen LogP contribution is -2.20. The van der Waals surface area contributed by atoms with Gasteiger partial charge in [-0.05, 0) is 31.5 Å². The van der Waals surface area contributed by atoms with Gasteiger partial charge in [0.15, 0.2) is 0 Å². The zero-order chi connectivity index (χ0) is 18.0. The molecule has 0 unspecified atom stereocenters. The summed E-state index contributed by atoms with van der Waals surface area (Å²) in [5, 5.41) is 11.7. The Morgan fingerprint density at radius 3 is 2.84 bits per heavy atom. The van der Waals surface area contributed by atoms with Gasteiger partial charge in [-0.2, -0.15) is 10.2 Å². The number of hydrogen-bond donors (Lipinski definition) is 1. The van der Waals surface area contributed by atoms with Crippen LogP contribution in [0.4, 0.5) is 10.1 Å². The highest BCUT2D eigenvalue weighted by molar-refractivity contribution is 6.31. The first kappa shape index (κ1) is 17.2. The topological polar surface area (TPSA) is 64.7 Å². The molecule has 0 saturated heterocycles. The Morgan fingerprint density at radius 2 is 2.16 bits per heavy atom. The number of nitrogens with zero attached hydrogens (tertiary/aromatic N) is 4. The monoisotopic (exact) mass is 361 g/mol. The van der Waals surface area contributed by atoms with Crippen LogP contribution in [0, 0.1) is 19.7 Å². The van der Waals surface area contributed by atoms with Crippen LogP contribution in [-0.2, 0) is 17.9 Å². The summed E-state index contributed by atoms with van der Waals surface area (Å²) >= 11 is 6.08. The van der Waals surface area contributed by atoms with E-state index in [0.717, 1.165) is 11.3 Å². The highest BCUT2D eigenvalue weighted by atomic mass is 35.5. The van der Waals surface area contributed by atoms with Crippen molar-refractivity contribution in [3.05, 3.63) is 64.5 Å². The molecular formula is C17H17ClFN5O. The average molecular weight is 362 g/mol. The number of carbonyl (C=O) groups excluding carboxylic acids is 1. The van der Waals surface area contributed by atoms with E-state index in [1.807, 2.05) is 13.0 Å². The number of aryl methyl sites for hydroxylation is 1. The number of aromatic nitrogens is 4. The summed E-state index contributed by atoms with van der Waals surface area (Å²) in [4.78, 5) is 12.2. The van der Waals surface area contributed by atoms with E-state index in [9.17, 15) is 9.18 Å². The molecule has 6 nitrogen and oxygen atoms in total. The first-order valence-electron chi connectivity index (χ1n) is 7.68. The molecule has 2 heterocycles. The van der Waals surface area contributed by atoms with Gasteiger partial charge in [0.2, 0.25) is 5.91 Å². The number of carbonyl (C=O) groups is 1. The van der Waals surface area contributed by atoms with E-state index >= 15 is 0 Å². The summed E-state index contributed by atoms with van der Waals surface area (Å²) < 4.78 is 16.4. The van der Waals surface area contributed by atoms with Crippen LogP contribution in [0.5, 0.6) is 0 Å².